The maximum atomic E-state index is 12.1. The molecule has 1 aromatic rings. The highest BCUT2D eigenvalue weighted by Crippen LogP contribution is 2.38. The smallest absolute Gasteiger partial charge is 0.387 e. The Morgan fingerprint density at radius 2 is 2.22 bits per heavy atom. The molecular formula is C13H15F2NO2. The molecule has 18 heavy (non-hydrogen) atoms. The molecule has 3 nitrogen and oxygen atoms in total. The van der Waals surface area contributed by atoms with Crippen LogP contribution in [-0.2, 0) is 4.79 Å². The Balaban J connectivity index is 2.22. The van der Waals surface area contributed by atoms with Crippen molar-refractivity contribution in [3.8, 4) is 5.75 Å². The summed E-state index contributed by atoms with van der Waals surface area (Å²) in [4.78, 5) is 11.8. The number of carbonyl (C=O) groups excluding carboxylic acids is 1. The van der Waals surface area contributed by atoms with Crippen molar-refractivity contribution >= 4 is 11.6 Å². The second-order valence-corrected chi connectivity index (χ2v) is 4.31. The third-order valence-electron chi connectivity index (χ3n) is 3.04. The second kappa shape index (κ2) is 5.33. The topological polar surface area (TPSA) is 38.3 Å². The zero-order chi connectivity index (χ0) is 13.1. The van der Waals surface area contributed by atoms with Gasteiger partial charge in [-0.3, -0.25) is 4.79 Å². The van der Waals surface area contributed by atoms with E-state index in [0.717, 1.165) is 24.8 Å². The number of carbonyl (C=O) groups is 1. The minimum absolute atomic E-state index is 0.0624. The highest BCUT2D eigenvalue weighted by molar-refractivity contribution is 6.03. The lowest BCUT2D eigenvalue weighted by atomic mass is 9.95. The van der Waals surface area contributed by atoms with E-state index in [0.29, 0.717) is 5.69 Å². The largest absolute Gasteiger partial charge is 0.435 e. The Morgan fingerprint density at radius 3 is 2.89 bits per heavy atom. The van der Waals surface area contributed by atoms with Gasteiger partial charge in [-0.05, 0) is 30.2 Å². The first kappa shape index (κ1) is 12.8. The van der Waals surface area contributed by atoms with Gasteiger partial charge in [0, 0.05) is 5.69 Å². The quantitative estimate of drug-likeness (QED) is 0.874. The molecule has 5 heteroatoms. The van der Waals surface area contributed by atoms with Crippen molar-refractivity contribution in [2.75, 3.05) is 5.32 Å². The van der Waals surface area contributed by atoms with Gasteiger partial charge in [-0.25, -0.2) is 0 Å². The van der Waals surface area contributed by atoms with E-state index < -0.39 is 6.61 Å². The number of hydrogen-bond donors (Lipinski definition) is 1. The molecular weight excluding hydrogens is 240 g/mol. The summed E-state index contributed by atoms with van der Waals surface area (Å²) in [6.07, 6.45) is 2.65. The number of alkyl halides is 2. The molecule has 0 bridgehead atoms. The molecule has 0 saturated heterocycles. The van der Waals surface area contributed by atoms with Gasteiger partial charge >= 0.3 is 6.61 Å². The normalized spacial score (nSPS) is 17.8. The van der Waals surface area contributed by atoms with Crippen LogP contribution in [0.1, 0.15) is 37.7 Å². The van der Waals surface area contributed by atoms with Crippen LogP contribution < -0.4 is 10.1 Å². The van der Waals surface area contributed by atoms with E-state index in [2.05, 4.69) is 10.1 Å². The van der Waals surface area contributed by atoms with E-state index in [-0.39, 0.29) is 17.6 Å². The minimum Gasteiger partial charge on any atom is -0.435 e. The zero-order valence-corrected chi connectivity index (χ0v) is 10.1. The Bertz CT molecular complexity index is 449. The highest BCUT2D eigenvalue weighted by Gasteiger charge is 2.30. The molecule has 0 spiro atoms. The fourth-order valence-corrected chi connectivity index (χ4v) is 2.18. The third-order valence-corrected chi connectivity index (χ3v) is 3.04. The Hall–Kier alpha value is -1.65. The average molecular weight is 255 g/mol. The van der Waals surface area contributed by atoms with E-state index in [1.807, 2.05) is 6.92 Å². The number of ether oxygens (including phenoxy) is 1. The summed E-state index contributed by atoms with van der Waals surface area (Å²) < 4.78 is 28.6. The summed E-state index contributed by atoms with van der Waals surface area (Å²) in [5.41, 5.74) is 1.45. The van der Waals surface area contributed by atoms with E-state index in [1.54, 1.807) is 6.07 Å². The van der Waals surface area contributed by atoms with Crippen molar-refractivity contribution in [2.45, 2.75) is 38.7 Å². The fourth-order valence-electron chi connectivity index (χ4n) is 2.18. The van der Waals surface area contributed by atoms with Crippen LogP contribution in [0.3, 0.4) is 0 Å². The van der Waals surface area contributed by atoms with Gasteiger partial charge < -0.3 is 10.1 Å². The summed E-state index contributed by atoms with van der Waals surface area (Å²) in [6, 6.07) is 4.57. The van der Waals surface area contributed by atoms with Crippen molar-refractivity contribution < 1.29 is 18.3 Å². The summed E-state index contributed by atoms with van der Waals surface area (Å²) in [5.74, 6) is -0.212. The van der Waals surface area contributed by atoms with Gasteiger partial charge in [-0.15, -0.1) is 0 Å². The summed E-state index contributed by atoms with van der Waals surface area (Å²) >= 11 is 0. The summed E-state index contributed by atoms with van der Waals surface area (Å²) in [7, 11) is 0. The molecule has 1 aliphatic heterocycles. The molecule has 1 heterocycles. The van der Waals surface area contributed by atoms with E-state index in [9.17, 15) is 13.6 Å². The van der Waals surface area contributed by atoms with Crippen LogP contribution in [0.4, 0.5) is 14.5 Å². The van der Waals surface area contributed by atoms with Crippen LogP contribution >= 0.6 is 0 Å². The molecule has 1 amide bonds. The summed E-state index contributed by atoms with van der Waals surface area (Å²) in [6.45, 7) is -0.799. The molecule has 1 aromatic carbocycles. The molecule has 0 saturated carbocycles. The van der Waals surface area contributed by atoms with Gasteiger partial charge in [0.15, 0.2) is 0 Å². The SMILES string of the molecule is CCCCC1C(=O)Nc2ccc(OC(F)F)cc21. The predicted molar refractivity (Wildman–Crippen MR) is 64.0 cm³/mol. The molecule has 1 unspecified atom stereocenters. The van der Waals surface area contributed by atoms with E-state index in [4.69, 9.17) is 0 Å². The first-order chi connectivity index (χ1) is 8.61. The standard InChI is InChI=1S/C13H15F2NO2/c1-2-3-4-9-10-7-8(18-13(14)15)5-6-11(10)16-12(9)17/h5-7,9,13H,2-4H2,1H3,(H,16,17). The minimum atomic E-state index is -2.85. The molecule has 2 rings (SSSR count). The van der Waals surface area contributed by atoms with Crippen molar-refractivity contribution in [1.82, 2.24) is 0 Å². The first-order valence-corrected chi connectivity index (χ1v) is 6.01. The number of rotatable bonds is 5. The van der Waals surface area contributed by atoms with Crippen LogP contribution in [0.5, 0.6) is 5.75 Å². The van der Waals surface area contributed by atoms with Crippen LogP contribution in [0.2, 0.25) is 0 Å². The number of fused-ring (bicyclic) bond motifs is 1. The van der Waals surface area contributed by atoms with Gasteiger partial charge in [-0.1, -0.05) is 19.8 Å². The van der Waals surface area contributed by atoms with Crippen LogP contribution in [0.15, 0.2) is 18.2 Å². The lowest BCUT2D eigenvalue weighted by molar-refractivity contribution is -0.117. The van der Waals surface area contributed by atoms with Gasteiger partial charge in [0.05, 0.1) is 5.92 Å². The highest BCUT2D eigenvalue weighted by atomic mass is 19.3. The van der Waals surface area contributed by atoms with Gasteiger partial charge in [0.2, 0.25) is 5.91 Å². The maximum Gasteiger partial charge on any atom is 0.387 e. The molecule has 1 aliphatic rings. The molecule has 1 N–H and O–H groups in total. The van der Waals surface area contributed by atoms with Gasteiger partial charge in [0.25, 0.3) is 0 Å². The number of nitrogens with one attached hydrogen (secondary N) is 1. The van der Waals surface area contributed by atoms with Crippen molar-refractivity contribution in [3.63, 3.8) is 0 Å². The third kappa shape index (κ3) is 2.60. The zero-order valence-electron chi connectivity index (χ0n) is 10.1. The van der Waals surface area contributed by atoms with Crippen LogP contribution in [0.25, 0.3) is 0 Å². The number of unbranched alkanes of at least 4 members (excludes halogenated alkanes) is 1. The number of halogens is 2. The number of benzene rings is 1. The molecule has 0 fully saturated rings. The number of anilines is 1. The predicted octanol–water partition coefficient (Wildman–Crippen LogP) is 3.51. The molecule has 0 aliphatic carbocycles. The van der Waals surface area contributed by atoms with E-state index in [1.165, 1.54) is 12.1 Å². The molecule has 1 atom stereocenters. The van der Waals surface area contributed by atoms with Crippen molar-refractivity contribution in [3.05, 3.63) is 23.8 Å². The fraction of sp³-hybridized carbons (Fsp3) is 0.462. The number of hydrogen-bond acceptors (Lipinski definition) is 2. The monoisotopic (exact) mass is 255 g/mol. The van der Waals surface area contributed by atoms with Gasteiger partial charge in [0.1, 0.15) is 5.75 Å². The second-order valence-electron chi connectivity index (χ2n) is 4.31. The number of amides is 1. The molecule has 0 radical (unpaired) electrons. The van der Waals surface area contributed by atoms with Crippen LogP contribution in [-0.4, -0.2) is 12.5 Å². The van der Waals surface area contributed by atoms with Crippen molar-refractivity contribution in [1.29, 1.82) is 0 Å². The summed E-state index contributed by atoms with van der Waals surface area (Å²) in [5, 5.41) is 2.75. The van der Waals surface area contributed by atoms with Crippen molar-refractivity contribution in [2.24, 2.45) is 0 Å². The Kier molecular flexibility index (Phi) is 3.79. The van der Waals surface area contributed by atoms with E-state index >= 15 is 0 Å². The Labute approximate surface area is 104 Å². The lowest BCUT2D eigenvalue weighted by Crippen LogP contribution is -2.11. The lowest BCUT2D eigenvalue weighted by Gasteiger charge is -2.10. The van der Waals surface area contributed by atoms with Crippen LogP contribution in [0, 0.1) is 0 Å². The Morgan fingerprint density at radius 1 is 1.44 bits per heavy atom. The molecule has 98 valence electrons. The average Bonchev–Trinajstić information content (AvgIpc) is 2.61. The van der Waals surface area contributed by atoms with Gasteiger partial charge in [-0.2, -0.15) is 8.78 Å². The molecule has 0 aromatic heterocycles. The first-order valence-electron chi connectivity index (χ1n) is 6.01. The maximum absolute atomic E-state index is 12.1.